The number of esters is 1. The number of hydrogen-bond acceptors (Lipinski definition) is 3. The van der Waals surface area contributed by atoms with Crippen LogP contribution in [0.3, 0.4) is 0 Å². The van der Waals surface area contributed by atoms with E-state index in [1.165, 1.54) is 7.11 Å². The van der Waals surface area contributed by atoms with E-state index in [0.717, 1.165) is 5.56 Å². The van der Waals surface area contributed by atoms with Gasteiger partial charge in [-0.05, 0) is 5.56 Å². The van der Waals surface area contributed by atoms with Crippen LogP contribution in [0.5, 0.6) is 0 Å². The molecule has 0 saturated carbocycles. The molecule has 0 aromatic heterocycles. The Balaban J connectivity index is 2.24. The van der Waals surface area contributed by atoms with Crippen molar-refractivity contribution in [1.82, 2.24) is 5.32 Å². The molecular formula is C10H13NO2. The maximum Gasteiger partial charge on any atom is 0.319 e. The molecule has 70 valence electrons. The fraction of sp³-hybridized carbons (Fsp3) is 0.300. The first-order valence-electron chi connectivity index (χ1n) is 4.14. The summed E-state index contributed by atoms with van der Waals surface area (Å²) in [7, 11) is 1.38. The van der Waals surface area contributed by atoms with E-state index in [9.17, 15) is 4.79 Å². The Morgan fingerprint density at radius 1 is 1.38 bits per heavy atom. The Hall–Kier alpha value is -1.35. The second kappa shape index (κ2) is 5.32. The Bertz CT molecular complexity index is 259. The van der Waals surface area contributed by atoms with Gasteiger partial charge in [-0.25, -0.2) is 0 Å². The topological polar surface area (TPSA) is 38.3 Å². The molecule has 0 aliphatic carbocycles. The van der Waals surface area contributed by atoms with Crippen LogP contribution in [0.1, 0.15) is 5.56 Å². The third-order valence-corrected chi connectivity index (χ3v) is 1.67. The van der Waals surface area contributed by atoms with Gasteiger partial charge in [0.2, 0.25) is 0 Å². The normalized spacial score (nSPS) is 9.62. The minimum Gasteiger partial charge on any atom is -0.468 e. The molecular weight excluding hydrogens is 168 g/mol. The minimum atomic E-state index is -0.240. The second-order valence-electron chi connectivity index (χ2n) is 2.67. The van der Waals surface area contributed by atoms with E-state index < -0.39 is 0 Å². The Morgan fingerprint density at radius 2 is 2.08 bits per heavy atom. The number of hydrogen-bond donors (Lipinski definition) is 1. The van der Waals surface area contributed by atoms with Crippen LogP contribution in [-0.4, -0.2) is 19.6 Å². The van der Waals surface area contributed by atoms with Crippen molar-refractivity contribution in [1.29, 1.82) is 0 Å². The molecule has 0 saturated heterocycles. The predicted molar refractivity (Wildman–Crippen MR) is 50.2 cm³/mol. The van der Waals surface area contributed by atoms with E-state index in [1.807, 2.05) is 30.3 Å². The standard InChI is InChI=1S/C10H13NO2/c1-13-10(12)8-11-7-9-5-3-2-4-6-9/h2-6,11H,7-8H2,1H3/i8+1,10+1. The number of benzene rings is 1. The van der Waals surface area contributed by atoms with Crippen LogP contribution >= 0.6 is 0 Å². The van der Waals surface area contributed by atoms with Crippen LogP contribution in [0.15, 0.2) is 30.3 Å². The first-order valence-corrected chi connectivity index (χ1v) is 4.14. The number of carbonyl (C=O) groups is 1. The highest BCUT2D eigenvalue weighted by atomic mass is 16.6. The lowest BCUT2D eigenvalue weighted by Crippen LogP contribution is -2.23. The molecule has 3 nitrogen and oxygen atoms in total. The second-order valence-corrected chi connectivity index (χ2v) is 2.67. The summed E-state index contributed by atoms with van der Waals surface area (Å²) < 4.78 is 4.49. The van der Waals surface area contributed by atoms with Gasteiger partial charge in [-0.15, -0.1) is 0 Å². The summed E-state index contributed by atoms with van der Waals surface area (Å²) in [6.07, 6.45) is 0. The van der Waals surface area contributed by atoms with Gasteiger partial charge in [-0.3, -0.25) is 4.79 Å². The molecule has 0 radical (unpaired) electrons. The van der Waals surface area contributed by atoms with Gasteiger partial charge in [-0.2, -0.15) is 0 Å². The zero-order valence-corrected chi connectivity index (χ0v) is 7.62. The highest BCUT2D eigenvalue weighted by Gasteiger charge is 1.97. The van der Waals surface area contributed by atoms with Gasteiger partial charge in [0.25, 0.3) is 0 Å². The van der Waals surface area contributed by atoms with Crippen LogP contribution in [0.25, 0.3) is 0 Å². The molecule has 0 fully saturated rings. The Morgan fingerprint density at radius 3 is 2.69 bits per heavy atom. The average molecular weight is 181 g/mol. The van der Waals surface area contributed by atoms with E-state index >= 15 is 0 Å². The van der Waals surface area contributed by atoms with Gasteiger partial charge < -0.3 is 10.1 Å². The van der Waals surface area contributed by atoms with E-state index in [1.54, 1.807) is 0 Å². The lowest BCUT2D eigenvalue weighted by atomic mass is 10.2. The molecule has 1 rings (SSSR count). The van der Waals surface area contributed by atoms with Crippen molar-refractivity contribution in [3.05, 3.63) is 35.9 Å². The molecule has 1 aromatic rings. The fourth-order valence-electron chi connectivity index (χ4n) is 0.977. The van der Waals surface area contributed by atoms with Crippen LogP contribution in [0.2, 0.25) is 0 Å². The van der Waals surface area contributed by atoms with Gasteiger partial charge in [-0.1, -0.05) is 30.3 Å². The third kappa shape index (κ3) is 3.71. The molecule has 0 atom stereocenters. The van der Waals surface area contributed by atoms with Gasteiger partial charge >= 0.3 is 5.97 Å². The SMILES string of the molecule is CO[13C](=O)[13CH2]NCc1ccccc1. The molecule has 3 heteroatoms. The summed E-state index contributed by atoms with van der Waals surface area (Å²) in [5.74, 6) is -0.240. The van der Waals surface area contributed by atoms with Crippen molar-refractivity contribution in [3.63, 3.8) is 0 Å². The smallest absolute Gasteiger partial charge is 0.319 e. The van der Waals surface area contributed by atoms with Gasteiger partial charge in [0.05, 0.1) is 13.7 Å². The largest absolute Gasteiger partial charge is 0.468 e. The van der Waals surface area contributed by atoms with Crippen LogP contribution in [0, 0.1) is 0 Å². The van der Waals surface area contributed by atoms with Crippen LogP contribution in [-0.2, 0) is 16.1 Å². The van der Waals surface area contributed by atoms with Crippen molar-refractivity contribution in [2.45, 2.75) is 6.54 Å². The molecule has 0 amide bonds. The molecule has 0 heterocycles. The summed E-state index contributed by atoms with van der Waals surface area (Å²) in [6, 6.07) is 9.91. The van der Waals surface area contributed by atoms with Crippen molar-refractivity contribution in [2.75, 3.05) is 13.7 Å². The van der Waals surface area contributed by atoms with Crippen LogP contribution < -0.4 is 5.32 Å². The van der Waals surface area contributed by atoms with E-state index in [0.29, 0.717) is 6.54 Å². The van der Waals surface area contributed by atoms with Crippen molar-refractivity contribution in [3.8, 4) is 0 Å². The zero-order valence-electron chi connectivity index (χ0n) is 7.62. The van der Waals surface area contributed by atoms with Gasteiger partial charge in [0.15, 0.2) is 0 Å². The average Bonchev–Trinajstić information content (AvgIpc) is 2.19. The molecule has 0 bridgehead atoms. The van der Waals surface area contributed by atoms with Crippen molar-refractivity contribution >= 4 is 5.97 Å². The Kier molecular flexibility index (Phi) is 3.99. The monoisotopic (exact) mass is 181 g/mol. The first-order chi connectivity index (χ1) is 6.33. The van der Waals surface area contributed by atoms with E-state index in [4.69, 9.17) is 0 Å². The fourth-order valence-corrected chi connectivity index (χ4v) is 0.977. The maximum absolute atomic E-state index is 10.7. The van der Waals surface area contributed by atoms with Gasteiger partial charge in [0.1, 0.15) is 0 Å². The number of rotatable bonds is 4. The molecule has 1 aromatic carbocycles. The number of ether oxygens (including phenoxy) is 1. The summed E-state index contributed by atoms with van der Waals surface area (Å²) in [4.78, 5) is 10.7. The summed E-state index contributed by atoms with van der Waals surface area (Å²) >= 11 is 0. The first kappa shape index (κ1) is 9.74. The lowest BCUT2D eigenvalue weighted by molar-refractivity contribution is -0.139. The van der Waals surface area contributed by atoms with Gasteiger partial charge in [0, 0.05) is 6.54 Å². The zero-order chi connectivity index (χ0) is 9.52. The molecule has 0 aliphatic heterocycles. The molecule has 0 aliphatic rings. The summed E-state index contributed by atoms with van der Waals surface area (Å²) in [5, 5.41) is 2.98. The summed E-state index contributed by atoms with van der Waals surface area (Å²) in [6.45, 7) is 0.946. The molecule has 13 heavy (non-hydrogen) atoms. The molecule has 0 unspecified atom stereocenters. The Labute approximate surface area is 77.7 Å². The quantitative estimate of drug-likeness (QED) is 0.555. The lowest BCUT2D eigenvalue weighted by Gasteiger charge is -2.02. The van der Waals surface area contributed by atoms with E-state index in [-0.39, 0.29) is 12.5 Å². The minimum absolute atomic E-state index is 0.240. The highest BCUT2D eigenvalue weighted by Crippen LogP contribution is 1.96. The highest BCUT2D eigenvalue weighted by molar-refractivity contribution is 5.71. The molecule has 1 N–H and O–H groups in total. The van der Waals surface area contributed by atoms with E-state index in [2.05, 4.69) is 10.1 Å². The summed E-state index contributed by atoms with van der Waals surface area (Å²) in [5.41, 5.74) is 1.16. The predicted octanol–water partition coefficient (Wildman–Crippen LogP) is 0.949. The van der Waals surface area contributed by atoms with Crippen molar-refractivity contribution < 1.29 is 9.53 Å². The maximum atomic E-state index is 10.7. The number of carbonyl (C=O) groups excluding carboxylic acids is 1. The van der Waals surface area contributed by atoms with Crippen molar-refractivity contribution in [2.24, 2.45) is 0 Å². The number of nitrogens with one attached hydrogen (secondary N) is 1. The van der Waals surface area contributed by atoms with Crippen LogP contribution in [0.4, 0.5) is 0 Å². The third-order valence-electron chi connectivity index (χ3n) is 1.67. The molecule has 0 spiro atoms. The number of methoxy groups -OCH3 is 1.